The topological polar surface area (TPSA) is 84.7 Å². The average Bonchev–Trinajstić information content (AvgIpc) is 3.66. The van der Waals surface area contributed by atoms with Crippen LogP contribution in [0, 0.1) is 23.2 Å². The number of piperazine rings is 1. The van der Waals surface area contributed by atoms with E-state index in [1.54, 1.807) is 28.6 Å². The Hall–Kier alpha value is -1.95. The standard InChI is InChI=1S/C25H36N4O3S/c1-19(2)27-13-15-28(16-14-27)25(30)22-7-9-23(10-8-22)29(18-21-3-4-21)33(31,32)24-11-5-20(17-26)6-12-24/h5-6,11-12,19,21-23H,3-4,7-10,13-16,18H2,1-2H3. The lowest BCUT2D eigenvalue weighted by Gasteiger charge is -2.40. The molecule has 0 unspecified atom stereocenters. The number of hydrogen-bond donors (Lipinski definition) is 0. The Labute approximate surface area is 198 Å². The highest BCUT2D eigenvalue weighted by Gasteiger charge is 2.39. The molecule has 2 saturated carbocycles. The van der Waals surface area contributed by atoms with Crippen molar-refractivity contribution >= 4 is 15.9 Å². The van der Waals surface area contributed by atoms with Crippen molar-refractivity contribution in [3.63, 3.8) is 0 Å². The summed E-state index contributed by atoms with van der Waals surface area (Å²) in [6.07, 6.45) is 5.11. The maximum atomic E-state index is 13.5. The van der Waals surface area contributed by atoms with Crippen molar-refractivity contribution < 1.29 is 13.2 Å². The monoisotopic (exact) mass is 472 g/mol. The first-order valence-electron chi connectivity index (χ1n) is 12.3. The van der Waals surface area contributed by atoms with Gasteiger partial charge in [-0.25, -0.2) is 8.42 Å². The smallest absolute Gasteiger partial charge is 0.243 e. The fourth-order valence-corrected chi connectivity index (χ4v) is 6.92. The Bertz CT molecular complexity index is 966. The molecule has 0 N–H and O–H groups in total. The summed E-state index contributed by atoms with van der Waals surface area (Å²) in [7, 11) is -3.63. The van der Waals surface area contributed by atoms with Gasteiger partial charge in [0.15, 0.2) is 0 Å². The van der Waals surface area contributed by atoms with Crippen molar-refractivity contribution in [3.05, 3.63) is 29.8 Å². The van der Waals surface area contributed by atoms with Crippen LogP contribution in [-0.4, -0.2) is 73.2 Å². The molecule has 2 aliphatic carbocycles. The molecule has 0 aromatic heterocycles. The van der Waals surface area contributed by atoms with Crippen LogP contribution in [0.3, 0.4) is 0 Å². The van der Waals surface area contributed by atoms with Crippen LogP contribution in [0.5, 0.6) is 0 Å². The Kier molecular flexibility index (Phi) is 7.42. The number of carbonyl (C=O) groups excluding carboxylic acids is 1. The number of sulfonamides is 1. The molecule has 4 rings (SSSR count). The van der Waals surface area contributed by atoms with E-state index in [1.165, 1.54) is 0 Å². The molecule has 0 bridgehead atoms. The fourth-order valence-electron chi connectivity index (χ4n) is 5.16. The normalized spacial score (nSPS) is 24.8. The molecule has 3 aliphatic rings. The zero-order chi connectivity index (χ0) is 23.6. The third-order valence-corrected chi connectivity index (χ3v) is 9.47. The highest BCUT2D eigenvalue weighted by Crippen LogP contribution is 2.37. The van der Waals surface area contributed by atoms with Crippen LogP contribution in [0.2, 0.25) is 0 Å². The summed E-state index contributed by atoms with van der Waals surface area (Å²) in [4.78, 5) is 17.8. The maximum Gasteiger partial charge on any atom is 0.243 e. The minimum atomic E-state index is -3.63. The molecule has 3 fully saturated rings. The van der Waals surface area contributed by atoms with Crippen LogP contribution < -0.4 is 0 Å². The van der Waals surface area contributed by atoms with Gasteiger partial charge in [0.1, 0.15) is 0 Å². The van der Waals surface area contributed by atoms with Crippen LogP contribution in [0.4, 0.5) is 0 Å². The lowest BCUT2D eigenvalue weighted by molar-refractivity contribution is -0.138. The molecule has 0 spiro atoms. The van der Waals surface area contributed by atoms with Gasteiger partial charge in [-0.1, -0.05) is 0 Å². The summed E-state index contributed by atoms with van der Waals surface area (Å²) in [6.45, 7) is 8.38. The van der Waals surface area contributed by atoms with E-state index in [0.29, 0.717) is 24.1 Å². The number of rotatable bonds is 7. The van der Waals surface area contributed by atoms with Crippen LogP contribution >= 0.6 is 0 Å². The molecule has 1 aromatic rings. The van der Waals surface area contributed by atoms with Gasteiger partial charge >= 0.3 is 0 Å². The van der Waals surface area contributed by atoms with Crippen LogP contribution in [0.15, 0.2) is 29.2 Å². The van der Waals surface area contributed by atoms with Gasteiger partial charge in [0, 0.05) is 50.7 Å². The molecule has 0 atom stereocenters. The highest BCUT2D eigenvalue weighted by atomic mass is 32.2. The van der Waals surface area contributed by atoms with Gasteiger partial charge in [-0.3, -0.25) is 9.69 Å². The van der Waals surface area contributed by atoms with Crippen molar-refractivity contribution in [1.29, 1.82) is 5.26 Å². The zero-order valence-corrected chi connectivity index (χ0v) is 20.6. The van der Waals surface area contributed by atoms with Gasteiger partial charge < -0.3 is 4.90 Å². The Balaban J connectivity index is 1.39. The Morgan fingerprint density at radius 3 is 2.15 bits per heavy atom. The first-order valence-corrected chi connectivity index (χ1v) is 13.8. The molecule has 1 amide bonds. The molecular formula is C25H36N4O3S. The van der Waals surface area contributed by atoms with Crippen LogP contribution in [0.25, 0.3) is 0 Å². The van der Waals surface area contributed by atoms with Gasteiger partial charge in [0.25, 0.3) is 0 Å². The Morgan fingerprint density at radius 2 is 1.64 bits per heavy atom. The first kappa shape index (κ1) is 24.2. The number of nitrogens with zero attached hydrogens (tertiary/aromatic N) is 4. The molecule has 1 saturated heterocycles. The molecule has 1 heterocycles. The molecule has 8 heteroatoms. The molecular weight excluding hydrogens is 436 g/mol. The summed E-state index contributed by atoms with van der Waals surface area (Å²) in [6, 6.07) is 8.70. The number of carbonyl (C=O) groups is 1. The van der Waals surface area contributed by atoms with Crippen molar-refractivity contribution in [1.82, 2.24) is 14.1 Å². The van der Waals surface area contributed by atoms with Crippen molar-refractivity contribution in [3.8, 4) is 6.07 Å². The number of amides is 1. The van der Waals surface area contributed by atoms with Gasteiger partial charge in [0.05, 0.1) is 16.5 Å². The van der Waals surface area contributed by atoms with E-state index in [4.69, 9.17) is 5.26 Å². The molecule has 1 aliphatic heterocycles. The maximum absolute atomic E-state index is 13.5. The van der Waals surface area contributed by atoms with Crippen LogP contribution in [0.1, 0.15) is 57.9 Å². The second kappa shape index (κ2) is 10.1. The largest absolute Gasteiger partial charge is 0.340 e. The summed E-state index contributed by atoms with van der Waals surface area (Å²) < 4.78 is 28.7. The second-order valence-electron chi connectivity index (χ2n) is 10.1. The SMILES string of the molecule is CC(C)N1CCN(C(=O)C2CCC(N(CC3CC3)S(=O)(=O)c3ccc(C#N)cc3)CC2)CC1. The predicted octanol–water partition coefficient (Wildman–Crippen LogP) is 3.07. The molecule has 7 nitrogen and oxygen atoms in total. The third-order valence-electron chi connectivity index (χ3n) is 7.53. The molecule has 33 heavy (non-hydrogen) atoms. The van der Waals surface area contributed by atoms with E-state index in [9.17, 15) is 13.2 Å². The quantitative estimate of drug-likeness (QED) is 0.609. The Morgan fingerprint density at radius 1 is 1.03 bits per heavy atom. The van der Waals surface area contributed by atoms with Gasteiger partial charge in [-0.2, -0.15) is 9.57 Å². The highest BCUT2D eigenvalue weighted by molar-refractivity contribution is 7.89. The molecule has 180 valence electrons. The van der Waals surface area contributed by atoms with E-state index < -0.39 is 10.0 Å². The lowest BCUT2D eigenvalue weighted by atomic mass is 9.85. The van der Waals surface area contributed by atoms with E-state index in [1.807, 2.05) is 11.0 Å². The lowest BCUT2D eigenvalue weighted by Crippen LogP contribution is -2.52. The summed E-state index contributed by atoms with van der Waals surface area (Å²) in [5, 5.41) is 9.03. The first-order chi connectivity index (χ1) is 15.8. The van der Waals surface area contributed by atoms with E-state index in [-0.39, 0.29) is 22.8 Å². The molecule has 1 aromatic carbocycles. The van der Waals surface area contributed by atoms with E-state index in [0.717, 1.165) is 64.7 Å². The van der Waals surface area contributed by atoms with Gasteiger partial charge in [-0.05, 0) is 82.6 Å². The summed E-state index contributed by atoms with van der Waals surface area (Å²) in [5.41, 5.74) is 0.455. The average molecular weight is 473 g/mol. The number of benzene rings is 1. The van der Waals surface area contributed by atoms with Crippen molar-refractivity contribution in [2.24, 2.45) is 11.8 Å². The van der Waals surface area contributed by atoms with Gasteiger partial charge in [0.2, 0.25) is 15.9 Å². The molecule has 0 radical (unpaired) electrons. The third kappa shape index (κ3) is 5.59. The van der Waals surface area contributed by atoms with Crippen molar-refractivity contribution in [2.75, 3.05) is 32.7 Å². The van der Waals surface area contributed by atoms with Gasteiger partial charge in [-0.15, -0.1) is 0 Å². The predicted molar refractivity (Wildman–Crippen MR) is 127 cm³/mol. The minimum Gasteiger partial charge on any atom is -0.340 e. The van der Waals surface area contributed by atoms with Crippen LogP contribution in [-0.2, 0) is 14.8 Å². The fraction of sp³-hybridized carbons (Fsp3) is 0.680. The second-order valence-corrected chi connectivity index (χ2v) is 12.0. The minimum absolute atomic E-state index is 0.00670. The van der Waals surface area contributed by atoms with Crippen molar-refractivity contribution in [2.45, 2.75) is 69.4 Å². The number of hydrogen-bond acceptors (Lipinski definition) is 5. The summed E-state index contributed by atoms with van der Waals surface area (Å²) in [5.74, 6) is 0.697. The van der Waals surface area contributed by atoms with E-state index in [2.05, 4.69) is 18.7 Å². The zero-order valence-electron chi connectivity index (χ0n) is 19.8. The van der Waals surface area contributed by atoms with E-state index >= 15 is 0 Å². The summed E-state index contributed by atoms with van der Waals surface area (Å²) >= 11 is 0. The number of nitriles is 1.